The van der Waals surface area contributed by atoms with E-state index in [0.717, 1.165) is 0 Å². The minimum absolute atomic E-state index is 0.153. The molecule has 0 aromatic carbocycles. The number of hydrogen-bond donors (Lipinski definition) is 0. The summed E-state index contributed by atoms with van der Waals surface area (Å²) in [5, 5.41) is 0. The van der Waals surface area contributed by atoms with Crippen molar-refractivity contribution in [2.75, 3.05) is 0 Å². The molecule has 0 radical (unpaired) electrons. The molecule has 1 aliphatic rings. The van der Waals surface area contributed by atoms with E-state index >= 15 is 0 Å². The summed E-state index contributed by atoms with van der Waals surface area (Å²) >= 11 is -0.153. The van der Waals surface area contributed by atoms with Crippen LogP contribution in [0.2, 0.25) is 0 Å². The molecule has 0 N–H and O–H groups in total. The molecule has 1 heterocycles. The van der Waals surface area contributed by atoms with Crippen molar-refractivity contribution in [3.8, 4) is 0 Å². The zero-order valence-corrected chi connectivity index (χ0v) is 11.6. The van der Waals surface area contributed by atoms with Crippen LogP contribution < -0.4 is 0 Å². The Hall–Kier alpha value is -0.102. The van der Waals surface area contributed by atoms with Crippen molar-refractivity contribution in [2.24, 2.45) is 0 Å². The summed E-state index contributed by atoms with van der Waals surface area (Å²) in [6.45, 7) is 13.6. The van der Waals surface area contributed by atoms with Crippen molar-refractivity contribution >= 4 is 16.2 Å². The van der Waals surface area contributed by atoms with Gasteiger partial charge in [-0.15, -0.1) is 0 Å². The third-order valence-electron chi connectivity index (χ3n) is 2.03. The van der Waals surface area contributed by atoms with Crippen LogP contribution in [-0.2, 0) is 0 Å². The first kappa shape index (κ1) is 11.0. The van der Waals surface area contributed by atoms with Gasteiger partial charge >= 0.3 is 88.9 Å². The van der Waals surface area contributed by atoms with E-state index in [2.05, 4.69) is 61.6 Å². The monoisotopic (exact) mass is 244 g/mol. The average molecular weight is 244 g/mol. The van der Waals surface area contributed by atoms with Gasteiger partial charge in [-0.1, -0.05) is 0 Å². The van der Waals surface area contributed by atoms with E-state index in [1.807, 2.05) is 0 Å². The Bertz CT molecular complexity index is 188. The summed E-state index contributed by atoms with van der Waals surface area (Å²) < 4.78 is 4.97. The van der Waals surface area contributed by atoms with Crippen LogP contribution in [0.3, 0.4) is 0 Å². The van der Waals surface area contributed by atoms with Gasteiger partial charge in [0.2, 0.25) is 0 Å². The molecule has 2 nitrogen and oxygen atoms in total. The van der Waals surface area contributed by atoms with E-state index in [1.165, 1.54) is 0 Å². The van der Waals surface area contributed by atoms with Gasteiger partial charge in [-0.2, -0.15) is 0 Å². The summed E-state index contributed by atoms with van der Waals surface area (Å²) in [6, 6.07) is 0. The molecule has 0 fully saturated rings. The zero-order chi connectivity index (χ0) is 10.3. The molecule has 13 heavy (non-hydrogen) atoms. The maximum absolute atomic E-state index is 2.48. The maximum atomic E-state index is 2.48. The van der Waals surface area contributed by atoms with Gasteiger partial charge in [0.1, 0.15) is 0 Å². The molecule has 3 heteroatoms. The van der Waals surface area contributed by atoms with Crippen molar-refractivity contribution in [3.05, 3.63) is 12.4 Å². The Labute approximate surface area is 89.1 Å². The fourth-order valence-electron chi connectivity index (χ4n) is 1.06. The van der Waals surface area contributed by atoms with Crippen LogP contribution in [-0.4, -0.2) is 34.9 Å². The van der Waals surface area contributed by atoms with E-state index in [0.29, 0.717) is 0 Å². The van der Waals surface area contributed by atoms with E-state index in [1.54, 1.807) is 0 Å². The molecule has 0 aromatic heterocycles. The van der Waals surface area contributed by atoms with Gasteiger partial charge in [0.05, 0.1) is 0 Å². The molecule has 0 aromatic rings. The summed E-state index contributed by atoms with van der Waals surface area (Å²) in [5.41, 5.74) is 0.576. The molecule has 0 saturated heterocycles. The second-order valence-electron chi connectivity index (χ2n) is 5.48. The molecular weight excluding hydrogens is 223 g/mol. The quantitative estimate of drug-likeness (QED) is 0.601. The van der Waals surface area contributed by atoms with Crippen molar-refractivity contribution in [3.63, 3.8) is 0 Å². The average Bonchev–Trinajstić information content (AvgIpc) is 2.28. The Morgan fingerprint density at radius 3 is 1.23 bits per heavy atom. The SMILES string of the molecule is CC(C)(C)N1C=CN(C(C)(C)C)[AsH]1. The Morgan fingerprint density at radius 2 is 1.08 bits per heavy atom. The number of rotatable bonds is 0. The van der Waals surface area contributed by atoms with Crippen LogP contribution in [0.5, 0.6) is 0 Å². The third-order valence-corrected chi connectivity index (χ3v) is 6.37. The molecule has 0 saturated carbocycles. The van der Waals surface area contributed by atoms with E-state index in [9.17, 15) is 0 Å². The van der Waals surface area contributed by atoms with Gasteiger partial charge in [-0.25, -0.2) is 0 Å². The molecule has 1 aliphatic heterocycles. The van der Waals surface area contributed by atoms with Gasteiger partial charge in [0.25, 0.3) is 0 Å². The molecule has 1 rings (SSSR count). The van der Waals surface area contributed by atoms with Crippen molar-refractivity contribution in [1.29, 1.82) is 0 Å². The first-order chi connectivity index (χ1) is 5.71. The minimum atomic E-state index is -0.153. The molecular formula is C10H21AsN2. The van der Waals surface area contributed by atoms with Crippen molar-refractivity contribution < 1.29 is 0 Å². The van der Waals surface area contributed by atoms with Crippen LogP contribution in [0.4, 0.5) is 0 Å². The normalized spacial score (nSPS) is 18.6. The van der Waals surface area contributed by atoms with Gasteiger partial charge in [0, 0.05) is 0 Å². The molecule has 76 valence electrons. The summed E-state index contributed by atoms with van der Waals surface area (Å²) in [4.78, 5) is 0. The van der Waals surface area contributed by atoms with Crippen molar-refractivity contribution in [1.82, 2.24) is 7.63 Å². The van der Waals surface area contributed by atoms with Crippen molar-refractivity contribution in [2.45, 2.75) is 52.6 Å². The Morgan fingerprint density at radius 1 is 0.769 bits per heavy atom. The van der Waals surface area contributed by atoms with Gasteiger partial charge in [-0.05, 0) is 0 Å². The summed E-state index contributed by atoms with van der Waals surface area (Å²) in [7, 11) is 0. The van der Waals surface area contributed by atoms with Crippen LogP contribution in [0, 0.1) is 0 Å². The molecule has 0 atom stereocenters. The van der Waals surface area contributed by atoms with Crippen LogP contribution in [0.15, 0.2) is 12.4 Å². The fourth-order valence-corrected chi connectivity index (χ4v) is 3.37. The second-order valence-corrected chi connectivity index (χ2v) is 7.92. The van der Waals surface area contributed by atoms with E-state index in [-0.39, 0.29) is 27.3 Å². The van der Waals surface area contributed by atoms with E-state index in [4.69, 9.17) is 0 Å². The van der Waals surface area contributed by atoms with Gasteiger partial charge < -0.3 is 0 Å². The molecule has 0 aliphatic carbocycles. The number of hydrogen-bond acceptors (Lipinski definition) is 2. The predicted molar refractivity (Wildman–Crippen MR) is 59.5 cm³/mol. The molecule has 0 spiro atoms. The Kier molecular flexibility index (Phi) is 2.73. The van der Waals surface area contributed by atoms with Gasteiger partial charge in [0.15, 0.2) is 0 Å². The van der Waals surface area contributed by atoms with Crippen LogP contribution in [0.25, 0.3) is 0 Å². The fraction of sp³-hybridized carbons (Fsp3) is 0.800. The second kappa shape index (κ2) is 3.24. The number of nitrogens with zero attached hydrogens (tertiary/aromatic N) is 2. The standard InChI is InChI=1S/C10H21AsN2/c1-9(2,3)12-7-8-13(11-12)10(4,5)6/h7-8,11H,1-6H3. The Balaban J connectivity index is 2.63. The molecule has 0 bridgehead atoms. The summed E-state index contributed by atoms with van der Waals surface area (Å²) in [6.07, 6.45) is 4.48. The third kappa shape index (κ3) is 2.67. The molecule has 0 amide bonds. The van der Waals surface area contributed by atoms with E-state index < -0.39 is 0 Å². The van der Waals surface area contributed by atoms with Gasteiger partial charge in [-0.3, -0.25) is 0 Å². The first-order valence-electron chi connectivity index (χ1n) is 4.74. The first-order valence-corrected chi connectivity index (χ1v) is 6.62. The predicted octanol–water partition coefficient (Wildman–Crippen LogP) is 1.94. The summed E-state index contributed by atoms with van der Waals surface area (Å²) in [5.74, 6) is 0. The topological polar surface area (TPSA) is 6.48 Å². The molecule has 0 unspecified atom stereocenters. The van der Waals surface area contributed by atoms with Crippen LogP contribution in [0.1, 0.15) is 41.5 Å². The zero-order valence-electron chi connectivity index (χ0n) is 9.55. The van der Waals surface area contributed by atoms with Crippen LogP contribution >= 0.6 is 0 Å².